The average molecular weight is 184 g/mol. The van der Waals surface area contributed by atoms with E-state index in [-0.39, 0.29) is 11.3 Å². The highest BCUT2D eigenvalue weighted by atomic mass is 16.1. The molecule has 1 atom stereocenters. The molecule has 0 aliphatic carbocycles. The van der Waals surface area contributed by atoms with E-state index in [1.807, 2.05) is 0 Å². The molecule has 0 spiro atoms. The van der Waals surface area contributed by atoms with Crippen molar-refractivity contribution in [3.05, 3.63) is 0 Å². The predicted molar refractivity (Wildman–Crippen MR) is 53.5 cm³/mol. The number of hydrogen-bond acceptors (Lipinski definition) is 2. The molecule has 1 saturated heterocycles. The van der Waals surface area contributed by atoms with E-state index < -0.39 is 0 Å². The number of amides is 1. The van der Waals surface area contributed by atoms with Gasteiger partial charge in [-0.1, -0.05) is 13.8 Å². The number of likely N-dealkylation sites (tertiary alicyclic amines) is 1. The first-order chi connectivity index (χ1) is 5.95. The predicted octanol–water partition coefficient (Wildman–Crippen LogP) is 0.710. The number of rotatable bonds is 2. The summed E-state index contributed by atoms with van der Waals surface area (Å²) in [5, 5.41) is 2.69. The average Bonchev–Trinajstić information content (AvgIpc) is 2.24. The molecule has 1 fully saturated rings. The van der Waals surface area contributed by atoms with Crippen molar-refractivity contribution in [3.8, 4) is 0 Å². The number of hydrogen-bond donors (Lipinski definition) is 1. The van der Waals surface area contributed by atoms with Gasteiger partial charge in [-0.15, -0.1) is 0 Å². The molecule has 1 aliphatic heterocycles. The molecule has 1 heterocycles. The normalized spacial score (nSPS) is 27.5. The minimum absolute atomic E-state index is 0.161. The van der Waals surface area contributed by atoms with Crippen LogP contribution < -0.4 is 5.32 Å². The van der Waals surface area contributed by atoms with Crippen LogP contribution in [0.2, 0.25) is 0 Å². The number of nitrogens with zero attached hydrogens (tertiary/aromatic N) is 1. The van der Waals surface area contributed by atoms with Crippen LogP contribution in [0.15, 0.2) is 0 Å². The first-order valence-electron chi connectivity index (χ1n) is 4.85. The minimum atomic E-state index is 0.161. The van der Waals surface area contributed by atoms with E-state index in [4.69, 9.17) is 0 Å². The van der Waals surface area contributed by atoms with E-state index in [1.54, 1.807) is 7.05 Å². The number of carbonyl (C=O) groups excluding carboxylic acids is 1. The maximum absolute atomic E-state index is 11.2. The molecular weight excluding hydrogens is 164 g/mol. The van der Waals surface area contributed by atoms with E-state index in [9.17, 15) is 4.79 Å². The zero-order valence-electron chi connectivity index (χ0n) is 9.05. The van der Waals surface area contributed by atoms with E-state index in [0.29, 0.717) is 12.3 Å². The van der Waals surface area contributed by atoms with Crippen molar-refractivity contribution in [2.24, 2.45) is 11.3 Å². The molecule has 1 rings (SSSR count). The highest BCUT2D eigenvalue weighted by Crippen LogP contribution is 2.36. The van der Waals surface area contributed by atoms with E-state index in [2.05, 4.69) is 31.1 Å². The van der Waals surface area contributed by atoms with Gasteiger partial charge in [0.25, 0.3) is 0 Å². The Kier molecular flexibility index (Phi) is 2.96. The lowest BCUT2D eigenvalue weighted by molar-refractivity contribution is -0.122. The molecule has 76 valence electrons. The third-order valence-corrected chi connectivity index (χ3v) is 3.03. The van der Waals surface area contributed by atoms with Gasteiger partial charge in [0.05, 0.1) is 0 Å². The smallest absolute Gasteiger partial charge is 0.220 e. The van der Waals surface area contributed by atoms with E-state index >= 15 is 0 Å². The van der Waals surface area contributed by atoms with Crippen molar-refractivity contribution in [2.75, 3.05) is 27.2 Å². The Bertz CT molecular complexity index is 201. The summed E-state index contributed by atoms with van der Waals surface area (Å²) in [6, 6.07) is 0. The molecule has 0 aromatic carbocycles. The van der Waals surface area contributed by atoms with Gasteiger partial charge in [0.1, 0.15) is 0 Å². The summed E-state index contributed by atoms with van der Waals surface area (Å²) in [4.78, 5) is 13.5. The van der Waals surface area contributed by atoms with Crippen LogP contribution in [0.25, 0.3) is 0 Å². The molecule has 0 radical (unpaired) electrons. The second-order valence-corrected chi connectivity index (χ2v) is 4.76. The monoisotopic (exact) mass is 184 g/mol. The van der Waals surface area contributed by atoms with Gasteiger partial charge >= 0.3 is 0 Å². The fourth-order valence-corrected chi connectivity index (χ4v) is 2.18. The van der Waals surface area contributed by atoms with Gasteiger partial charge in [0, 0.05) is 26.6 Å². The molecule has 1 amide bonds. The maximum Gasteiger partial charge on any atom is 0.220 e. The molecule has 3 nitrogen and oxygen atoms in total. The number of carbonyl (C=O) groups is 1. The summed E-state index contributed by atoms with van der Waals surface area (Å²) >= 11 is 0. The fraction of sp³-hybridized carbons (Fsp3) is 0.900. The summed E-state index contributed by atoms with van der Waals surface area (Å²) in [6.45, 7) is 6.61. The van der Waals surface area contributed by atoms with Crippen LogP contribution in [0.1, 0.15) is 20.3 Å². The Labute approximate surface area is 80.5 Å². The SMILES string of the molecule is CNC(=O)CC1CN(C)CC1(C)C. The molecule has 0 aromatic heterocycles. The lowest BCUT2D eigenvalue weighted by Gasteiger charge is -2.24. The summed E-state index contributed by atoms with van der Waals surface area (Å²) in [5.74, 6) is 0.658. The molecule has 0 saturated carbocycles. The van der Waals surface area contributed by atoms with Crippen LogP contribution in [0.3, 0.4) is 0 Å². The van der Waals surface area contributed by atoms with Crippen LogP contribution in [0.4, 0.5) is 0 Å². The molecule has 0 aromatic rings. The van der Waals surface area contributed by atoms with Crippen LogP contribution in [0.5, 0.6) is 0 Å². The van der Waals surface area contributed by atoms with Crippen molar-refractivity contribution >= 4 is 5.91 Å². The summed E-state index contributed by atoms with van der Waals surface area (Å²) in [6.07, 6.45) is 0.661. The highest BCUT2D eigenvalue weighted by molar-refractivity contribution is 5.75. The van der Waals surface area contributed by atoms with E-state index in [1.165, 1.54) is 0 Å². The lowest BCUT2D eigenvalue weighted by atomic mass is 9.80. The van der Waals surface area contributed by atoms with Crippen LogP contribution >= 0.6 is 0 Å². The Morgan fingerprint density at radius 3 is 2.62 bits per heavy atom. The molecule has 1 N–H and O–H groups in total. The summed E-state index contributed by atoms with van der Waals surface area (Å²) < 4.78 is 0. The lowest BCUT2D eigenvalue weighted by Crippen LogP contribution is -2.28. The van der Waals surface area contributed by atoms with Crippen molar-refractivity contribution in [1.82, 2.24) is 10.2 Å². The van der Waals surface area contributed by atoms with Gasteiger partial charge < -0.3 is 10.2 Å². The second kappa shape index (κ2) is 3.66. The second-order valence-electron chi connectivity index (χ2n) is 4.76. The highest BCUT2D eigenvalue weighted by Gasteiger charge is 2.38. The summed E-state index contributed by atoms with van der Waals surface area (Å²) in [5.41, 5.74) is 0.279. The summed E-state index contributed by atoms with van der Waals surface area (Å²) in [7, 11) is 3.82. The molecule has 0 bridgehead atoms. The largest absolute Gasteiger partial charge is 0.359 e. The Morgan fingerprint density at radius 2 is 2.23 bits per heavy atom. The van der Waals surface area contributed by atoms with Gasteiger partial charge in [0.2, 0.25) is 5.91 Å². The minimum Gasteiger partial charge on any atom is -0.359 e. The van der Waals surface area contributed by atoms with Crippen molar-refractivity contribution in [3.63, 3.8) is 0 Å². The van der Waals surface area contributed by atoms with Crippen molar-refractivity contribution in [1.29, 1.82) is 0 Å². The van der Waals surface area contributed by atoms with Gasteiger partial charge in [-0.25, -0.2) is 0 Å². The topological polar surface area (TPSA) is 32.3 Å². The number of nitrogens with one attached hydrogen (secondary N) is 1. The zero-order chi connectivity index (χ0) is 10.1. The molecular formula is C10H20N2O. The Morgan fingerprint density at radius 1 is 1.62 bits per heavy atom. The van der Waals surface area contributed by atoms with Crippen LogP contribution in [0, 0.1) is 11.3 Å². The third-order valence-electron chi connectivity index (χ3n) is 3.03. The first-order valence-corrected chi connectivity index (χ1v) is 4.85. The van der Waals surface area contributed by atoms with Crippen molar-refractivity contribution in [2.45, 2.75) is 20.3 Å². The van der Waals surface area contributed by atoms with Gasteiger partial charge in [0.15, 0.2) is 0 Å². The quantitative estimate of drug-likeness (QED) is 0.685. The van der Waals surface area contributed by atoms with Gasteiger partial charge in [-0.3, -0.25) is 4.79 Å². The third kappa shape index (κ3) is 2.44. The van der Waals surface area contributed by atoms with Crippen LogP contribution in [-0.2, 0) is 4.79 Å². The zero-order valence-corrected chi connectivity index (χ0v) is 9.05. The van der Waals surface area contributed by atoms with Gasteiger partial charge in [-0.2, -0.15) is 0 Å². The van der Waals surface area contributed by atoms with Crippen LogP contribution in [-0.4, -0.2) is 38.0 Å². The van der Waals surface area contributed by atoms with Crippen molar-refractivity contribution < 1.29 is 4.79 Å². The molecule has 3 heteroatoms. The molecule has 1 unspecified atom stereocenters. The van der Waals surface area contributed by atoms with E-state index in [0.717, 1.165) is 13.1 Å². The Balaban J connectivity index is 2.55. The molecule has 13 heavy (non-hydrogen) atoms. The van der Waals surface area contributed by atoms with Gasteiger partial charge in [-0.05, 0) is 18.4 Å². The Hall–Kier alpha value is -0.570. The maximum atomic E-state index is 11.2. The fourth-order valence-electron chi connectivity index (χ4n) is 2.18. The standard InChI is InChI=1S/C10H20N2O/c1-10(2)7-12(4)6-8(10)5-9(13)11-3/h8H,5-7H2,1-4H3,(H,11,13). The first kappa shape index (κ1) is 10.5. The molecule has 1 aliphatic rings.